The van der Waals surface area contributed by atoms with Gasteiger partial charge in [0.1, 0.15) is 5.82 Å². The van der Waals surface area contributed by atoms with Gasteiger partial charge in [0.15, 0.2) is 0 Å². The molecule has 1 N–H and O–H groups in total. The van der Waals surface area contributed by atoms with Gasteiger partial charge in [-0.25, -0.2) is 4.39 Å². The second kappa shape index (κ2) is 9.63. The van der Waals surface area contributed by atoms with Gasteiger partial charge in [-0.15, -0.1) is 0 Å². The van der Waals surface area contributed by atoms with Crippen LogP contribution in [0.2, 0.25) is 0 Å². The first-order chi connectivity index (χ1) is 14.7. The summed E-state index contributed by atoms with van der Waals surface area (Å²) in [6.07, 6.45) is 5.10. The second-order valence-electron chi connectivity index (χ2n) is 7.52. The highest BCUT2D eigenvalue weighted by atomic mass is 19.1. The molecular formula is C23H25FN4O2. The van der Waals surface area contributed by atoms with Gasteiger partial charge in [-0.2, -0.15) is 4.98 Å². The van der Waals surface area contributed by atoms with Crippen LogP contribution in [-0.4, -0.2) is 47.1 Å². The lowest BCUT2D eigenvalue weighted by atomic mass is 10.1. The van der Waals surface area contributed by atoms with E-state index in [9.17, 15) is 9.18 Å². The Bertz CT molecular complexity index is 962. The summed E-state index contributed by atoms with van der Waals surface area (Å²) in [5.74, 6) is 0.333. The minimum atomic E-state index is -0.317. The molecule has 1 fully saturated rings. The Labute approximate surface area is 175 Å². The van der Waals surface area contributed by atoms with Gasteiger partial charge in [0.2, 0.25) is 5.82 Å². The van der Waals surface area contributed by atoms with Gasteiger partial charge in [-0.1, -0.05) is 18.0 Å². The van der Waals surface area contributed by atoms with Crippen LogP contribution in [0.4, 0.5) is 4.39 Å². The van der Waals surface area contributed by atoms with E-state index in [0.717, 1.165) is 25.2 Å². The van der Waals surface area contributed by atoms with Crippen molar-refractivity contribution >= 4 is 5.91 Å². The normalized spacial score (nSPS) is 15.0. The molecule has 0 spiro atoms. The summed E-state index contributed by atoms with van der Waals surface area (Å²) in [6, 6.07) is 13.0. The molecule has 0 saturated carbocycles. The van der Waals surface area contributed by atoms with Crippen molar-refractivity contribution in [2.75, 3.05) is 26.2 Å². The minimum Gasteiger partial charge on any atom is -0.351 e. The molecule has 1 aliphatic rings. The third-order valence-corrected chi connectivity index (χ3v) is 5.33. The van der Waals surface area contributed by atoms with E-state index in [4.69, 9.17) is 4.52 Å². The van der Waals surface area contributed by atoms with E-state index in [1.165, 1.54) is 37.8 Å². The van der Waals surface area contributed by atoms with Crippen LogP contribution in [0.1, 0.15) is 36.0 Å². The van der Waals surface area contributed by atoms with Gasteiger partial charge in [-0.05, 0) is 74.5 Å². The monoisotopic (exact) mass is 408 g/mol. The molecule has 4 rings (SSSR count). The van der Waals surface area contributed by atoms with Crippen molar-refractivity contribution in [2.24, 2.45) is 0 Å². The zero-order valence-corrected chi connectivity index (χ0v) is 16.8. The minimum absolute atomic E-state index is 0.0890. The van der Waals surface area contributed by atoms with E-state index < -0.39 is 0 Å². The largest absolute Gasteiger partial charge is 0.351 e. The van der Waals surface area contributed by atoms with Gasteiger partial charge >= 0.3 is 0 Å². The molecule has 0 aliphatic carbocycles. The van der Waals surface area contributed by atoms with Crippen LogP contribution in [0.5, 0.6) is 0 Å². The molecule has 2 heterocycles. The molecule has 1 aliphatic heterocycles. The summed E-state index contributed by atoms with van der Waals surface area (Å²) in [6.45, 7) is 3.77. The Hall–Kier alpha value is -3.06. The second-order valence-corrected chi connectivity index (χ2v) is 7.52. The molecule has 30 heavy (non-hydrogen) atoms. The Balaban J connectivity index is 1.33. The molecule has 6 nitrogen and oxygen atoms in total. The average Bonchev–Trinajstić information content (AvgIpc) is 3.12. The van der Waals surface area contributed by atoms with Crippen molar-refractivity contribution in [3.8, 4) is 22.8 Å². The lowest BCUT2D eigenvalue weighted by Crippen LogP contribution is -2.35. The summed E-state index contributed by atoms with van der Waals surface area (Å²) < 4.78 is 18.4. The Kier molecular flexibility index (Phi) is 6.49. The molecule has 1 saturated heterocycles. The highest BCUT2D eigenvalue weighted by Crippen LogP contribution is 2.22. The summed E-state index contributed by atoms with van der Waals surface area (Å²) in [4.78, 5) is 19.2. The standard InChI is InChI=1S/C23H25FN4O2/c24-20-11-9-17(10-12-20)21-26-23(30-27-21)19-7-5-18(6-8-19)22(29)25-13-16-28-14-3-1-2-4-15-28/h5-12H,1-4,13-16H2,(H,25,29). The van der Waals surface area contributed by atoms with E-state index in [1.54, 1.807) is 36.4 Å². The van der Waals surface area contributed by atoms with E-state index in [-0.39, 0.29) is 11.7 Å². The molecular weight excluding hydrogens is 383 g/mol. The first-order valence-corrected chi connectivity index (χ1v) is 10.4. The topological polar surface area (TPSA) is 71.3 Å². The fourth-order valence-electron chi connectivity index (χ4n) is 3.61. The number of aromatic nitrogens is 2. The van der Waals surface area contributed by atoms with Crippen molar-refractivity contribution in [3.05, 3.63) is 59.9 Å². The van der Waals surface area contributed by atoms with E-state index >= 15 is 0 Å². The molecule has 0 radical (unpaired) electrons. The predicted octanol–water partition coefficient (Wildman–Crippen LogP) is 4.15. The first kappa shape index (κ1) is 20.2. The third kappa shape index (κ3) is 5.10. The van der Waals surface area contributed by atoms with E-state index in [0.29, 0.717) is 29.4 Å². The van der Waals surface area contributed by atoms with Crippen LogP contribution in [0.3, 0.4) is 0 Å². The summed E-state index contributed by atoms with van der Waals surface area (Å²) >= 11 is 0. The van der Waals surface area contributed by atoms with Gasteiger partial charge in [0, 0.05) is 29.8 Å². The lowest BCUT2D eigenvalue weighted by Gasteiger charge is -2.19. The number of halogens is 1. The summed E-state index contributed by atoms with van der Waals surface area (Å²) in [5.41, 5.74) is 1.98. The van der Waals surface area contributed by atoms with Gasteiger partial charge in [-0.3, -0.25) is 4.79 Å². The Morgan fingerprint density at radius 1 is 0.967 bits per heavy atom. The Morgan fingerprint density at radius 3 is 2.33 bits per heavy atom. The number of nitrogens with zero attached hydrogens (tertiary/aromatic N) is 3. The number of carbonyl (C=O) groups excluding carboxylic acids is 1. The number of nitrogens with one attached hydrogen (secondary N) is 1. The van der Waals surface area contributed by atoms with E-state index in [1.807, 2.05) is 0 Å². The lowest BCUT2D eigenvalue weighted by molar-refractivity contribution is 0.0948. The van der Waals surface area contributed by atoms with Crippen LogP contribution >= 0.6 is 0 Å². The number of amides is 1. The fraction of sp³-hybridized carbons (Fsp3) is 0.348. The predicted molar refractivity (Wildman–Crippen MR) is 112 cm³/mol. The number of likely N-dealkylation sites (tertiary alicyclic amines) is 1. The highest BCUT2D eigenvalue weighted by Gasteiger charge is 2.13. The van der Waals surface area contributed by atoms with Crippen LogP contribution in [-0.2, 0) is 0 Å². The molecule has 156 valence electrons. The molecule has 3 aromatic rings. The zero-order valence-electron chi connectivity index (χ0n) is 16.8. The van der Waals surface area contributed by atoms with Crippen molar-refractivity contribution in [1.29, 1.82) is 0 Å². The molecule has 0 bridgehead atoms. The smallest absolute Gasteiger partial charge is 0.258 e. The van der Waals surface area contributed by atoms with E-state index in [2.05, 4.69) is 20.4 Å². The molecule has 1 aromatic heterocycles. The van der Waals surface area contributed by atoms with Gasteiger partial charge in [0.25, 0.3) is 11.8 Å². The molecule has 0 atom stereocenters. The molecule has 1 amide bonds. The third-order valence-electron chi connectivity index (χ3n) is 5.33. The highest BCUT2D eigenvalue weighted by molar-refractivity contribution is 5.94. The molecule has 2 aromatic carbocycles. The van der Waals surface area contributed by atoms with Crippen LogP contribution in [0, 0.1) is 5.82 Å². The van der Waals surface area contributed by atoms with Crippen LogP contribution < -0.4 is 5.32 Å². The maximum atomic E-state index is 13.1. The number of rotatable bonds is 6. The maximum Gasteiger partial charge on any atom is 0.258 e. The number of hydrogen-bond donors (Lipinski definition) is 1. The number of hydrogen-bond acceptors (Lipinski definition) is 5. The van der Waals surface area contributed by atoms with Crippen molar-refractivity contribution in [2.45, 2.75) is 25.7 Å². The SMILES string of the molecule is O=C(NCCN1CCCCCC1)c1ccc(-c2nc(-c3ccc(F)cc3)no2)cc1. The van der Waals surface area contributed by atoms with Gasteiger partial charge < -0.3 is 14.7 Å². The first-order valence-electron chi connectivity index (χ1n) is 10.4. The number of carbonyl (C=O) groups is 1. The summed E-state index contributed by atoms with van der Waals surface area (Å²) in [5, 5.41) is 6.94. The molecule has 7 heteroatoms. The van der Waals surface area contributed by atoms with Gasteiger partial charge in [0.05, 0.1) is 0 Å². The maximum absolute atomic E-state index is 13.1. The quantitative estimate of drug-likeness (QED) is 0.664. The molecule has 0 unspecified atom stereocenters. The van der Waals surface area contributed by atoms with Crippen LogP contribution in [0.25, 0.3) is 22.8 Å². The van der Waals surface area contributed by atoms with Crippen molar-refractivity contribution < 1.29 is 13.7 Å². The van der Waals surface area contributed by atoms with Crippen molar-refractivity contribution in [3.63, 3.8) is 0 Å². The zero-order chi connectivity index (χ0) is 20.8. The van der Waals surface area contributed by atoms with Crippen molar-refractivity contribution in [1.82, 2.24) is 20.4 Å². The average molecular weight is 408 g/mol. The summed E-state index contributed by atoms with van der Waals surface area (Å²) in [7, 11) is 0. The number of benzene rings is 2. The Morgan fingerprint density at radius 2 is 1.63 bits per heavy atom. The van der Waals surface area contributed by atoms with Crippen LogP contribution in [0.15, 0.2) is 53.1 Å². The fourth-order valence-corrected chi connectivity index (χ4v) is 3.61.